The molecule has 0 bridgehead atoms. The third kappa shape index (κ3) is 5.99. The van der Waals surface area contributed by atoms with Crippen LogP contribution in [0.3, 0.4) is 0 Å². The van der Waals surface area contributed by atoms with E-state index < -0.39 is 33.9 Å². The zero-order chi connectivity index (χ0) is 20.1. The van der Waals surface area contributed by atoms with E-state index in [0.717, 1.165) is 0 Å². The van der Waals surface area contributed by atoms with Crippen molar-refractivity contribution in [2.75, 3.05) is 23.7 Å². The highest BCUT2D eigenvalue weighted by molar-refractivity contribution is 7.89. The number of likely N-dealkylation sites (N-methyl/N-ethyl adjacent to an activating group) is 1. The molecule has 0 saturated carbocycles. The minimum absolute atomic E-state index is 0.274. The predicted molar refractivity (Wildman–Crippen MR) is 91.1 cm³/mol. The molecule has 0 unspecified atom stereocenters. The number of hydrogen-bond donors (Lipinski definition) is 2. The minimum Gasteiger partial charge on any atom is -0.326 e. The molecule has 0 aliphatic carbocycles. The molecule has 7 nitrogen and oxygen atoms in total. The second kappa shape index (κ2) is 8.49. The predicted octanol–water partition coefficient (Wildman–Crippen LogP) is 2.19. The summed E-state index contributed by atoms with van der Waals surface area (Å²) in [6.45, 7) is 2.19. The number of halogens is 3. The number of sulfonamides is 1. The van der Waals surface area contributed by atoms with Crippen LogP contribution in [0.2, 0.25) is 0 Å². The normalized spacial score (nSPS) is 13.3. The molecule has 1 aromatic carbocycles. The number of rotatable bonds is 7. The lowest BCUT2D eigenvalue weighted by Crippen LogP contribution is -2.47. The van der Waals surface area contributed by atoms with Crippen molar-refractivity contribution in [2.45, 2.75) is 32.2 Å². The molecular formula is C15H20F3N3O4S. The van der Waals surface area contributed by atoms with Crippen LogP contribution in [0.4, 0.5) is 24.5 Å². The summed E-state index contributed by atoms with van der Waals surface area (Å²) in [6, 6.07) is 5.95. The van der Waals surface area contributed by atoms with Crippen LogP contribution in [0.1, 0.15) is 20.8 Å². The first-order valence-electron chi connectivity index (χ1n) is 7.61. The van der Waals surface area contributed by atoms with Crippen LogP contribution in [0.25, 0.3) is 0 Å². The number of carbonyl (C=O) groups excluding carboxylic acids is 2. The number of nitrogens with one attached hydrogen (secondary N) is 2. The average Bonchev–Trinajstić information content (AvgIpc) is 2.52. The Morgan fingerprint density at radius 2 is 1.58 bits per heavy atom. The Balaban J connectivity index is 2.80. The molecule has 0 aliphatic rings. The summed E-state index contributed by atoms with van der Waals surface area (Å²) in [4.78, 5) is 22.9. The number of amides is 2. The van der Waals surface area contributed by atoms with Gasteiger partial charge in [-0.1, -0.05) is 6.92 Å². The van der Waals surface area contributed by atoms with Gasteiger partial charge < -0.3 is 10.6 Å². The molecule has 1 rings (SSSR count). The summed E-state index contributed by atoms with van der Waals surface area (Å²) in [7, 11) is -4.72. The fraction of sp³-hybridized carbons (Fsp3) is 0.467. The second-order valence-corrected chi connectivity index (χ2v) is 7.72. The summed E-state index contributed by atoms with van der Waals surface area (Å²) in [5.74, 6) is -1.05. The van der Waals surface area contributed by atoms with Crippen LogP contribution < -0.4 is 10.6 Å². The molecule has 2 amide bonds. The Labute approximate surface area is 149 Å². The fourth-order valence-electron chi connectivity index (χ4n) is 1.98. The van der Waals surface area contributed by atoms with Gasteiger partial charge in [0.2, 0.25) is 21.8 Å². The quantitative estimate of drug-likeness (QED) is 0.740. The molecular weight excluding hydrogens is 375 g/mol. The highest BCUT2D eigenvalue weighted by Gasteiger charge is 2.47. The molecule has 11 heteroatoms. The van der Waals surface area contributed by atoms with E-state index in [4.69, 9.17) is 0 Å². The van der Waals surface area contributed by atoms with E-state index in [0.29, 0.717) is 22.6 Å². The average molecular weight is 395 g/mol. The van der Waals surface area contributed by atoms with Crippen LogP contribution in [0, 0.1) is 0 Å². The van der Waals surface area contributed by atoms with Crippen molar-refractivity contribution >= 4 is 33.2 Å². The van der Waals surface area contributed by atoms with Gasteiger partial charge in [-0.3, -0.25) is 9.59 Å². The van der Waals surface area contributed by atoms with Gasteiger partial charge in [0.1, 0.15) is 0 Å². The van der Waals surface area contributed by atoms with E-state index in [1.54, 1.807) is 0 Å². The Kier molecular flexibility index (Phi) is 7.16. The van der Waals surface area contributed by atoms with Crippen molar-refractivity contribution in [3.05, 3.63) is 24.3 Å². The number of anilines is 2. The lowest BCUT2D eigenvalue weighted by Gasteiger charge is -2.25. The molecule has 0 fully saturated rings. The monoisotopic (exact) mass is 395 g/mol. The third-order valence-corrected chi connectivity index (χ3v) is 5.70. The van der Waals surface area contributed by atoms with Crippen LogP contribution in [0.5, 0.6) is 0 Å². The second-order valence-electron chi connectivity index (χ2n) is 5.46. The van der Waals surface area contributed by atoms with Crippen LogP contribution in [0.15, 0.2) is 24.3 Å². The van der Waals surface area contributed by atoms with Gasteiger partial charge in [0, 0.05) is 24.8 Å². The fourth-order valence-corrected chi connectivity index (χ4v) is 3.42. The molecule has 0 heterocycles. The molecule has 26 heavy (non-hydrogen) atoms. The van der Waals surface area contributed by atoms with Gasteiger partial charge in [0.05, 0.1) is 6.54 Å². The summed E-state index contributed by atoms with van der Waals surface area (Å²) < 4.78 is 62.7. The minimum atomic E-state index is -4.93. The molecule has 146 valence electrons. The van der Waals surface area contributed by atoms with E-state index in [1.165, 1.54) is 38.1 Å². The number of carbonyl (C=O) groups is 2. The standard InChI is InChI=1S/C15H20F3N3O4S/c1-4-21(26(24,25)10(2)15(16,17)18)9-14(23)20-13-7-5-12(6-8-13)19-11(3)22/h5-8,10H,4,9H2,1-3H3,(H,19,22)(H,20,23)/t10-/m1/s1. The lowest BCUT2D eigenvalue weighted by atomic mass is 10.2. The Morgan fingerprint density at radius 1 is 1.12 bits per heavy atom. The number of alkyl halides is 3. The maximum absolute atomic E-state index is 12.7. The maximum Gasteiger partial charge on any atom is 0.406 e. The highest BCUT2D eigenvalue weighted by Crippen LogP contribution is 2.27. The van der Waals surface area contributed by atoms with Crippen molar-refractivity contribution < 1.29 is 31.2 Å². The van der Waals surface area contributed by atoms with Gasteiger partial charge in [-0.25, -0.2) is 8.42 Å². The van der Waals surface area contributed by atoms with E-state index in [1.807, 2.05) is 0 Å². The molecule has 0 spiro atoms. The van der Waals surface area contributed by atoms with E-state index in [9.17, 15) is 31.2 Å². The SMILES string of the molecule is CCN(CC(=O)Nc1ccc(NC(C)=O)cc1)S(=O)(=O)[C@H](C)C(F)(F)F. The first kappa shape index (κ1) is 21.9. The van der Waals surface area contributed by atoms with Crippen LogP contribution in [-0.4, -0.2) is 49.1 Å². The molecule has 0 radical (unpaired) electrons. The molecule has 0 aromatic heterocycles. The Hall–Kier alpha value is -2.14. The van der Waals surface area contributed by atoms with Crippen LogP contribution in [-0.2, 0) is 19.6 Å². The van der Waals surface area contributed by atoms with Crippen molar-refractivity contribution in [2.24, 2.45) is 0 Å². The number of benzene rings is 1. The molecule has 0 saturated heterocycles. The van der Waals surface area contributed by atoms with Crippen molar-refractivity contribution in [3.63, 3.8) is 0 Å². The first-order chi connectivity index (χ1) is 11.9. The largest absolute Gasteiger partial charge is 0.406 e. The summed E-state index contributed by atoms with van der Waals surface area (Å²) in [5, 5.41) is 2.31. The Morgan fingerprint density at radius 3 is 1.96 bits per heavy atom. The molecule has 0 aliphatic heterocycles. The van der Waals surface area contributed by atoms with Crippen molar-refractivity contribution in [3.8, 4) is 0 Å². The number of nitrogens with zero attached hydrogens (tertiary/aromatic N) is 1. The number of hydrogen-bond acceptors (Lipinski definition) is 4. The van der Waals surface area contributed by atoms with Gasteiger partial charge in [-0.05, 0) is 31.2 Å². The molecule has 1 aromatic rings. The van der Waals surface area contributed by atoms with E-state index in [-0.39, 0.29) is 12.5 Å². The van der Waals surface area contributed by atoms with E-state index >= 15 is 0 Å². The maximum atomic E-state index is 12.7. The summed E-state index contributed by atoms with van der Waals surface area (Å²) in [5.41, 5.74) is 0.800. The van der Waals surface area contributed by atoms with Gasteiger partial charge >= 0.3 is 6.18 Å². The summed E-state index contributed by atoms with van der Waals surface area (Å²) in [6.07, 6.45) is -4.93. The van der Waals surface area contributed by atoms with Gasteiger partial charge in [0.25, 0.3) is 0 Å². The van der Waals surface area contributed by atoms with Gasteiger partial charge in [-0.2, -0.15) is 17.5 Å². The van der Waals surface area contributed by atoms with E-state index in [2.05, 4.69) is 10.6 Å². The molecule has 1 atom stereocenters. The first-order valence-corrected chi connectivity index (χ1v) is 9.11. The van der Waals surface area contributed by atoms with Gasteiger partial charge in [-0.15, -0.1) is 0 Å². The third-order valence-electron chi connectivity index (χ3n) is 3.43. The highest BCUT2D eigenvalue weighted by atomic mass is 32.2. The Bertz CT molecular complexity index is 748. The summed E-state index contributed by atoms with van der Waals surface area (Å²) >= 11 is 0. The van der Waals surface area contributed by atoms with Crippen LogP contribution >= 0.6 is 0 Å². The lowest BCUT2D eigenvalue weighted by molar-refractivity contribution is -0.128. The smallest absolute Gasteiger partial charge is 0.326 e. The zero-order valence-electron chi connectivity index (χ0n) is 14.4. The zero-order valence-corrected chi connectivity index (χ0v) is 15.2. The van der Waals surface area contributed by atoms with Crippen molar-refractivity contribution in [1.29, 1.82) is 0 Å². The van der Waals surface area contributed by atoms with Crippen molar-refractivity contribution in [1.82, 2.24) is 4.31 Å². The topological polar surface area (TPSA) is 95.6 Å². The van der Waals surface area contributed by atoms with Gasteiger partial charge in [0.15, 0.2) is 5.25 Å². The molecule has 2 N–H and O–H groups in total.